The molecule has 166 valence electrons. The van der Waals surface area contributed by atoms with E-state index in [1.807, 2.05) is 58.3 Å². The van der Waals surface area contributed by atoms with E-state index in [0.717, 1.165) is 23.8 Å². The molecule has 32 heavy (non-hydrogen) atoms. The highest BCUT2D eigenvalue weighted by molar-refractivity contribution is 5.96. The van der Waals surface area contributed by atoms with Crippen molar-refractivity contribution in [3.63, 3.8) is 0 Å². The third-order valence-electron chi connectivity index (χ3n) is 6.05. The van der Waals surface area contributed by atoms with Crippen molar-refractivity contribution in [1.29, 1.82) is 0 Å². The van der Waals surface area contributed by atoms with Crippen LogP contribution in [0.15, 0.2) is 59.0 Å². The molecule has 5 rings (SSSR count). The Labute approximate surface area is 186 Å². The number of nitrogens with zero attached hydrogens (tertiary/aromatic N) is 2. The van der Waals surface area contributed by atoms with Crippen LogP contribution >= 0.6 is 0 Å². The van der Waals surface area contributed by atoms with Gasteiger partial charge in [-0.05, 0) is 30.3 Å². The molecule has 0 atom stereocenters. The second-order valence-electron chi connectivity index (χ2n) is 8.19. The van der Waals surface area contributed by atoms with E-state index < -0.39 is 0 Å². The van der Waals surface area contributed by atoms with Crippen molar-refractivity contribution in [1.82, 2.24) is 9.80 Å². The summed E-state index contributed by atoms with van der Waals surface area (Å²) in [5, 5.41) is 0.931. The summed E-state index contributed by atoms with van der Waals surface area (Å²) in [6, 6.07) is 16.8. The number of piperidine rings is 1. The zero-order valence-electron chi connectivity index (χ0n) is 17.9. The normalized spacial score (nSPS) is 17.5. The van der Waals surface area contributed by atoms with Gasteiger partial charge in [-0.3, -0.25) is 9.59 Å². The molecule has 7 heteroatoms. The Bertz CT molecular complexity index is 1080. The Morgan fingerprint density at radius 1 is 0.844 bits per heavy atom. The lowest BCUT2D eigenvalue weighted by molar-refractivity contribution is 0.0302. The minimum Gasteiger partial charge on any atom is -0.490 e. The summed E-state index contributed by atoms with van der Waals surface area (Å²) in [4.78, 5) is 29.2. The van der Waals surface area contributed by atoms with Gasteiger partial charge in [-0.25, -0.2) is 0 Å². The van der Waals surface area contributed by atoms with Gasteiger partial charge >= 0.3 is 0 Å². The number of morpholine rings is 1. The molecule has 1 aromatic heterocycles. The third kappa shape index (κ3) is 4.34. The number of ether oxygens (including phenoxy) is 2. The summed E-state index contributed by atoms with van der Waals surface area (Å²) in [5.74, 6) is 0.980. The van der Waals surface area contributed by atoms with E-state index in [1.165, 1.54) is 0 Å². The minimum absolute atomic E-state index is 0.00321. The number of carbonyl (C=O) groups is 2. The van der Waals surface area contributed by atoms with Gasteiger partial charge in [0.15, 0.2) is 5.76 Å². The molecular formula is C25H26N2O5. The molecule has 0 bridgehead atoms. The Morgan fingerprint density at radius 3 is 2.38 bits per heavy atom. The van der Waals surface area contributed by atoms with Gasteiger partial charge in [-0.15, -0.1) is 0 Å². The van der Waals surface area contributed by atoms with Gasteiger partial charge in [0.2, 0.25) is 0 Å². The first kappa shape index (κ1) is 20.6. The second-order valence-corrected chi connectivity index (χ2v) is 8.19. The molecule has 0 spiro atoms. The number of hydrogen-bond acceptors (Lipinski definition) is 5. The average molecular weight is 434 g/mol. The van der Waals surface area contributed by atoms with E-state index in [1.54, 1.807) is 6.07 Å². The molecule has 2 aliphatic heterocycles. The fourth-order valence-corrected chi connectivity index (χ4v) is 4.26. The molecule has 7 nitrogen and oxygen atoms in total. The standard InChI is InChI=1S/C25H26N2O5/c28-24(27-12-14-30-15-13-27)19-5-3-6-21(16-19)31-20-8-10-26(11-9-20)25(29)23-17-18-4-1-2-7-22(18)32-23/h1-7,16-17,20H,8-15H2. The molecule has 3 heterocycles. The average Bonchev–Trinajstić information content (AvgIpc) is 3.29. The van der Waals surface area contributed by atoms with Crippen LogP contribution in [0.5, 0.6) is 5.75 Å². The van der Waals surface area contributed by atoms with Gasteiger partial charge in [0.1, 0.15) is 17.4 Å². The smallest absolute Gasteiger partial charge is 0.289 e. The number of benzene rings is 2. The van der Waals surface area contributed by atoms with E-state index in [4.69, 9.17) is 13.9 Å². The topological polar surface area (TPSA) is 72.2 Å². The molecule has 2 saturated heterocycles. The summed E-state index contributed by atoms with van der Waals surface area (Å²) in [7, 11) is 0. The van der Waals surface area contributed by atoms with Crippen molar-refractivity contribution in [2.45, 2.75) is 18.9 Å². The number of para-hydroxylation sites is 1. The molecule has 2 aromatic carbocycles. The molecule has 0 N–H and O–H groups in total. The lowest BCUT2D eigenvalue weighted by atomic mass is 10.1. The van der Waals surface area contributed by atoms with Crippen molar-refractivity contribution in [3.8, 4) is 5.75 Å². The Morgan fingerprint density at radius 2 is 1.59 bits per heavy atom. The number of furan rings is 1. The SMILES string of the molecule is O=C(c1cccc(OC2CCN(C(=O)c3cc4ccccc4o3)CC2)c1)N1CCOCC1. The first-order chi connectivity index (χ1) is 15.7. The van der Waals surface area contributed by atoms with Crippen LogP contribution in [-0.4, -0.2) is 67.1 Å². The van der Waals surface area contributed by atoms with Crippen LogP contribution < -0.4 is 4.74 Å². The number of hydrogen-bond donors (Lipinski definition) is 0. The van der Waals surface area contributed by atoms with Crippen LogP contribution in [0.2, 0.25) is 0 Å². The Kier molecular flexibility index (Phi) is 5.81. The number of fused-ring (bicyclic) bond motifs is 1. The van der Waals surface area contributed by atoms with Crippen LogP contribution in [0.25, 0.3) is 11.0 Å². The summed E-state index contributed by atoms with van der Waals surface area (Å²) in [6.45, 7) is 3.59. The van der Waals surface area contributed by atoms with E-state index in [-0.39, 0.29) is 17.9 Å². The minimum atomic E-state index is -0.0854. The maximum atomic E-state index is 12.8. The quantitative estimate of drug-likeness (QED) is 0.628. The van der Waals surface area contributed by atoms with Crippen molar-refractivity contribution >= 4 is 22.8 Å². The van der Waals surface area contributed by atoms with Gasteiger partial charge in [0.05, 0.1) is 13.2 Å². The van der Waals surface area contributed by atoms with Gasteiger partial charge in [0, 0.05) is 50.0 Å². The molecule has 0 aliphatic carbocycles. The molecule has 0 saturated carbocycles. The molecule has 0 unspecified atom stereocenters. The van der Waals surface area contributed by atoms with Crippen LogP contribution in [0.3, 0.4) is 0 Å². The maximum absolute atomic E-state index is 12.8. The van der Waals surface area contributed by atoms with E-state index >= 15 is 0 Å². The number of rotatable bonds is 4. The third-order valence-corrected chi connectivity index (χ3v) is 6.05. The van der Waals surface area contributed by atoms with Crippen molar-refractivity contribution in [2.75, 3.05) is 39.4 Å². The van der Waals surface area contributed by atoms with Crippen LogP contribution in [-0.2, 0) is 4.74 Å². The van der Waals surface area contributed by atoms with Crippen LogP contribution in [0, 0.1) is 0 Å². The second kappa shape index (κ2) is 9.04. The summed E-state index contributed by atoms with van der Waals surface area (Å²) < 4.78 is 17.2. The summed E-state index contributed by atoms with van der Waals surface area (Å²) in [6.07, 6.45) is 1.46. The zero-order valence-corrected chi connectivity index (χ0v) is 17.9. The highest BCUT2D eigenvalue weighted by Crippen LogP contribution is 2.24. The molecule has 3 aromatic rings. The fourth-order valence-electron chi connectivity index (χ4n) is 4.26. The van der Waals surface area contributed by atoms with Gasteiger partial charge < -0.3 is 23.7 Å². The van der Waals surface area contributed by atoms with E-state index in [0.29, 0.717) is 56.5 Å². The first-order valence-corrected chi connectivity index (χ1v) is 11.1. The molecule has 2 aliphatic rings. The van der Waals surface area contributed by atoms with Crippen molar-refractivity contribution in [2.24, 2.45) is 0 Å². The number of carbonyl (C=O) groups excluding carboxylic acids is 2. The monoisotopic (exact) mass is 434 g/mol. The van der Waals surface area contributed by atoms with Gasteiger partial charge in [-0.2, -0.15) is 0 Å². The zero-order chi connectivity index (χ0) is 21.9. The maximum Gasteiger partial charge on any atom is 0.289 e. The van der Waals surface area contributed by atoms with Crippen molar-refractivity contribution in [3.05, 3.63) is 65.9 Å². The predicted octanol–water partition coefficient (Wildman–Crippen LogP) is 3.59. The number of amides is 2. The lowest BCUT2D eigenvalue weighted by Crippen LogP contribution is -2.41. The molecular weight excluding hydrogens is 408 g/mol. The summed E-state index contributed by atoms with van der Waals surface area (Å²) >= 11 is 0. The first-order valence-electron chi connectivity index (χ1n) is 11.1. The lowest BCUT2D eigenvalue weighted by Gasteiger charge is -2.32. The summed E-state index contributed by atoms with van der Waals surface area (Å²) in [5.41, 5.74) is 1.35. The molecule has 2 fully saturated rings. The fraction of sp³-hybridized carbons (Fsp3) is 0.360. The largest absolute Gasteiger partial charge is 0.490 e. The highest BCUT2D eigenvalue weighted by atomic mass is 16.5. The highest BCUT2D eigenvalue weighted by Gasteiger charge is 2.27. The predicted molar refractivity (Wildman–Crippen MR) is 119 cm³/mol. The van der Waals surface area contributed by atoms with Gasteiger partial charge in [-0.1, -0.05) is 24.3 Å². The Balaban J connectivity index is 1.18. The van der Waals surface area contributed by atoms with Crippen molar-refractivity contribution < 1.29 is 23.5 Å². The number of likely N-dealkylation sites (tertiary alicyclic amines) is 1. The molecule has 2 amide bonds. The van der Waals surface area contributed by atoms with E-state index in [2.05, 4.69) is 0 Å². The van der Waals surface area contributed by atoms with Crippen LogP contribution in [0.1, 0.15) is 33.8 Å². The molecule has 0 radical (unpaired) electrons. The van der Waals surface area contributed by atoms with E-state index in [9.17, 15) is 9.59 Å². The Hall–Kier alpha value is -3.32. The van der Waals surface area contributed by atoms with Gasteiger partial charge in [0.25, 0.3) is 11.8 Å². The van der Waals surface area contributed by atoms with Crippen LogP contribution in [0.4, 0.5) is 0 Å².